The van der Waals surface area contributed by atoms with Gasteiger partial charge in [-0.15, -0.1) is 0 Å². The van der Waals surface area contributed by atoms with Crippen LogP contribution in [0.15, 0.2) is 4.99 Å². The molecule has 0 aromatic rings. The lowest BCUT2D eigenvalue weighted by Crippen LogP contribution is -2.51. The summed E-state index contributed by atoms with van der Waals surface area (Å²) in [4.78, 5) is 6.50. The summed E-state index contributed by atoms with van der Waals surface area (Å²) in [6, 6.07) is 0.407. The second-order valence-corrected chi connectivity index (χ2v) is 3.57. The van der Waals surface area contributed by atoms with Crippen molar-refractivity contribution in [2.75, 3.05) is 26.3 Å². The monoisotopic (exact) mass is 199 g/mol. The molecule has 4 heteroatoms. The van der Waals surface area contributed by atoms with Crippen molar-refractivity contribution in [1.82, 2.24) is 4.90 Å². The van der Waals surface area contributed by atoms with Gasteiger partial charge in [-0.1, -0.05) is 13.8 Å². The van der Waals surface area contributed by atoms with Crippen LogP contribution in [0.3, 0.4) is 0 Å². The molecule has 1 unspecified atom stereocenters. The van der Waals surface area contributed by atoms with Gasteiger partial charge in [-0.25, -0.2) is 0 Å². The third kappa shape index (κ3) is 2.87. The van der Waals surface area contributed by atoms with Crippen LogP contribution in [-0.4, -0.2) is 43.2 Å². The second kappa shape index (κ2) is 5.86. The maximum absolute atomic E-state index is 5.92. The molecule has 1 aliphatic rings. The summed E-state index contributed by atoms with van der Waals surface area (Å²) in [5, 5.41) is 0. The van der Waals surface area contributed by atoms with E-state index in [0.717, 1.165) is 39.1 Å². The first-order chi connectivity index (χ1) is 6.79. The fourth-order valence-corrected chi connectivity index (χ4v) is 1.61. The third-order valence-corrected chi connectivity index (χ3v) is 2.49. The molecule has 0 radical (unpaired) electrons. The molecule has 0 aromatic carbocycles. The van der Waals surface area contributed by atoms with E-state index in [-0.39, 0.29) is 0 Å². The molecule has 1 aliphatic heterocycles. The summed E-state index contributed by atoms with van der Waals surface area (Å²) in [6.07, 6.45) is 2.10. The number of nitrogens with two attached hydrogens (primary N) is 1. The number of hydrogen-bond acceptors (Lipinski definition) is 2. The Morgan fingerprint density at radius 3 is 3.00 bits per heavy atom. The molecule has 82 valence electrons. The number of nitrogens with zero attached hydrogens (tertiary/aromatic N) is 2. The van der Waals surface area contributed by atoms with E-state index in [1.807, 2.05) is 0 Å². The number of ether oxygens (including phenoxy) is 1. The second-order valence-electron chi connectivity index (χ2n) is 3.57. The average Bonchev–Trinajstić information content (AvgIpc) is 2.25. The SMILES string of the molecule is CCCN=C(N)N1CCOCC1CC. The molecular weight excluding hydrogens is 178 g/mol. The van der Waals surface area contributed by atoms with Crippen LogP contribution in [0.4, 0.5) is 0 Å². The Morgan fingerprint density at radius 1 is 1.57 bits per heavy atom. The highest BCUT2D eigenvalue weighted by Gasteiger charge is 2.22. The topological polar surface area (TPSA) is 50.8 Å². The van der Waals surface area contributed by atoms with Crippen LogP contribution in [0.25, 0.3) is 0 Å². The van der Waals surface area contributed by atoms with Crippen molar-refractivity contribution in [1.29, 1.82) is 0 Å². The third-order valence-electron chi connectivity index (χ3n) is 2.49. The van der Waals surface area contributed by atoms with Crippen molar-refractivity contribution in [3.8, 4) is 0 Å². The van der Waals surface area contributed by atoms with E-state index in [1.54, 1.807) is 0 Å². The molecule has 1 atom stereocenters. The molecule has 0 aromatic heterocycles. The van der Waals surface area contributed by atoms with E-state index in [1.165, 1.54) is 0 Å². The number of guanidine groups is 1. The van der Waals surface area contributed by atoms with Crippen LogP contribution in [0.5, 0.6) is 0 Å². The smallest absolute Gasteiger partial charge is 0.191 e. The maximum Gasteiger partial charge on any atom is 0.191 e. The van der Waals surface area contributed by atoms with E-state index in [2.05, 4.69) is 23.7 Å². The Bertz CT molecular complexity index is 194. The predicted molar refractivity (Wildman–Crippen MR) is 58.4 cm³/mol. The molecule has 1 fully saturated rings. The Kier molecular flexibility index (Phi) is 4.73. The minimum atomic E-state index is 0.407. The van der Waals surface area contributed by atoms with Gasteiger partial charge in [-0.2, -0.15) is 0 Å². The first-order valence-electron chi connectivity index (χ1n) is 5.43. The summed E-state index contributed by atoms with van der Waals surface area (Å²) in [6.45, 7) is 7.49. The fraction of sp³-hybridized carbons (Fsp3) is 0.900. The van der Waals surface area contributed by atoms with Crippen molar-refractivity contribution >= 4 is 5.96 Å². The molecule has 1 rings (SSSR count). The van der Waals surface area contributed by atoms with Crippen LogP contribution in [0.1, 0.15) is 26.7 Å². The zero-order valence-electron chi connectivity index (χ0n) is 9.20. The zero-order chi connectivity index (χ0) is 10.4. The Hall–Kier alpha value is -0.770. The standard InChI is InChI=1S/C10H21N3O/c1-3-5-12-10(11)13-6-7-14-8-9(13)4-2/h9H,3-8H2,1-2H3,(H2,11,12). The quantitative estimate of drug-likeness (QED) is 0.541. The lowest BCUT2D eigenvalue weighted by atomic mass is 10.2. The van der Waals surface area contributed by atoms with Crippen LogP contribution in [0.2, 0.25) is 0 Å². The Labute approximate surface area is 86.1 Å². The fourth-order valence-electron chi connectivity index (χ4n) is 1.61. The minimum absolute atomic E-state index is 0.407. The molecule has 0 aliphatic carbocycles. The number of rotatable bonds is 3. The minimum Gasteiger partial charge on any atom is -0.377 e. The van der Waals surface area contributed by atoms with Gasteiger partial charge in [-0.3, -0.25) is 4.99 Å². The number of aliphatic imine (C=N–C) groups is 1. The molecule has 4 nitrogen and oxygen atoms in total. The van der Waals surface area contributed by atoms with Crippen LogP contribution < -0.4 is 5.73 Å². The first-order valence-corrected chi connectivity index (χ1v) is 5.43. The lowest BCUT2D eigenvalue weighted by molar-refractivity contribution is 0.0245. The molecule has 1 heterocycles. The summed E-state index contributed by atoms with van der Waals surface area (Å²) in [5.74, 6) is 0.682. The van der Waals surface area contributed by atoms with Crippen molar-refractivity contribution < 1.29 is 4.74 Å². The Balaban J connectivity index is 2.53. The van der Waals surface area contributed by atoms with Crippen LogP contribution in [0, 0.1) is 0 Å². The number of morpholine rings is 1. The van der Waals surface area contributed by atoms with Gasteiger partial charge >= 0.3 is 0 Å². The van der Waals surface area contributed by atoms with Crippen LogP contribution >= 0.6 is 0 Å². The van der Waals surface area contributed by atoms with Gasteiger partial charge in [0, 0.05) is 13.1 Å². The van der Waals surface area contributed by atoms with Gasteiger partial charge in [0.25, 0.3) is 0 Å². The normalized spacial score (nSPS) is 24.0. The van der Waals surface area contributed by atoms with Gasteiger partial charge in [0.1, 0.15) is 0 Å². The highest BCUT2D eigenvalue weighted by molar-refractivity contribution is 5.78. The van der Waals surface area contributed by atoms with Gasteiger partial charge in [0.15, 0.2) is 5.96 Å². The van der Waals surface area contributed by atoms with Crippen molar-refractivity contribution in [3.05, 3.63) is 0 Å². The van der Waals surface area contributed by atoms with Crippen LogP contribution in [-0.2, 0) is 4.74 Å². The molecule has 0 bridgehead atoms. The average molecular weight is 199 g/mol. The molecule has 14 heavy (non-hydrogen) atoms. The first kappa shape index (κ1) is 11.3. The molecular formula is C10H21N3O. The highest BCUT2D eigenvalue weighted by Crippen LogP contribution is 2.09. The molecule has 2 N–H and O–H groups in total. The molecule has 0 saturated carbocycles. The van der Waals surface area contributed by atoms with E-state index in [4.69, 9.17) is 10.5 Å². The van der Waals surface area contributed by atoms with Crippen molar-refractivity contribution in [2.45, 2.75) is 32.7 Å². The largest absolute Gasteiger partial charge is 0.377 e. The van der Waals surface area contributed by atoms with E-state index < -0.39 is 0 Å². The predicted octanol–water partition coefficient (Wildman–Crippen LogP) is 0.822. The zero-order valence-corrected chi connectivity index (χ0v) is 9.20. The van der Waals surface area contributed by atoms with E-state index in [9.17, 15) is 0 Å². The molecule has 0 amide bonds. The van der Waals surface area contributed by atoms with Gasteiger partial charge in [0.05, 0.1) is 19.3 Å². The number of hydrogen-bond donors (Lipinski definition) is 1. The van der Waals surface area contributed by atoms with E-state index in [0.29, 0.717) is 12.0 Å². The summed E-state index contributed by atoms with van der Waals surface area (Å²) in [5.41, 5.74) is 5.92. The van der Waals surface area contributed by atoms with E-state index >= 15 is 0 Å². The summed E-state index contributed by atoms with van der Waals surface area (Å²) in [7, 11) is 0. The molecule has 0 spiro atoms. The summed E-state index contributed by atoms with van der Waals surface area (Å²) < 4.78 is 5.41. The Morgan fingerprint density at radius 2 is 2.36 bits per heavy atom. The lowest BCUT2D eigenvalue weighted by Gasteiger charge is -2.35. The van der Waals surface area contributed by atoms with Gasteiger partial charge < -0.3 is 15.4 Å². The molecule has 1 saturated heterocycles. The highest BCUT2D eigenvalue weighted by atomic mass is 16.5. The summed E-state index contributed by atoms with van der Waals surface area (Å²) >= 11 is 0. The van der Waals surface area contributed by atoms with Gasteiger partial charge in [-0.05, 0) is 12.8 Å². The van der Waals surface area contributed by atoms with Crippen molar-refractivity contribution in [3.63, 3.8) is 0 Å². The maximum atomic E-state index is 5.92. The van der Waals surface area contributed by atoms with Crippen molar-refractivity contribution in [2.24, 2.45) is 10.7 Å². The van der Waals surface area contributed by atoms with Gasteiger partial charge in [0.2, 0.25) is 0 Å².